The van der Waals surface area contributed by atoms with E-state index in [0.717, 1.165) is 16.6 Å². The zero-order valence-electron chi connectivity index (χ0n) is 18.6. The third kappa shape index (κ3) is 4.81. The molecule has 0 bridgehead atoms. The van der Waals surface area contributed by atoms with Gasteiger partial charge in [-0.05, 0) is 63.0 Å². The highest BCUT2D eigenvalue weighted by Crippen LogP contribution is 2.41. The summed E-state index contributed by atoms with van der Waals surface area (Å²) in [6.45, 7) is 1.16. The lowest BCUT2D eigenvalue weighted by Gasteiger charge is -2.26. The lowest BCUT2D eigenvalue weighted by atomic mass is 9.95. The number of ether oxygens (including phenoxy) is 2. The van der Waals surface area contributed by atoms with Crippen molar-refractivity contribution in [2.75, 3.05) is 41.4 Å². The van der Waals surface area contributed by atoms with Gasteiger partial charge in [0.1, 0.15) is 5.76 Å². The molecule has 1 amide bonds. The van der Waals surface area contributed by atoms with Gasteiger partial charge in [-0.1, -0.05) is 28.1 Å². The quantitative estimate of drug-likeness (QED) is 0.335. The molecule has 1 saturated heterocycles. The first-order valence-corrected chi connectivity index (χ1v) is 11.0. The van der Waals surface area contributed by atoms with E-state index in [9.17, 15) is 14.7 Å². The van der Waals surface area contributed by atoms with Crippen LogP contribution in [-0.4, -0.2) is 68.0 Å². The van der Waals surface area contributed by atoms with Crippen LogP contribution in [0.3, 0.4) is 0 Å². The number of amides is 1. The molecule has 3 rings (SSSR count). The molecule has 32 heavy (non-hydrogen) atoms. The maximum absolute atomic E-state index is 13.1. The Morgan fingerprint density at radius 2 is 1.72 bits per heavy atom. The first-order valence-electron chi connectivity index (χ1n) is 10.2. The van der Waals surface area contributed by atoms with Crippen LogP contribution in [0.25, 0.3) is 5.76 Å². The van der Waals surface area contributed by atoms with Gasteiger partial charge in [0.15, 0.2) is 11.5 Å². The number of methoxy groups -OCH3 is 2. The van der Waals surface area contributed by atoms with Gasteiger partial charge in [0.2, 0.25) is 0 Å². The van der Waals surface area contributed by atoms with Crippen molar-refractivity contribution in [3.8, 4) is 11.5 Å². The van der Waals surface area contributed by atoms with Crippen molar-refractivity contribution in [1.82, 2.24) is 9.80 Å². The van der Waals surface area contributed by atoms with Crippen LogP contribution in [0, 0.1) is 0 Å². The van der Waals surface area contributed by atoms with Crippen molar-refractivity contribution in [3.05, 3.63) is 63.6 Å². The third-order valence-electron chi connectivity index (χ3n) is 5.39. The van der Waals surface area contributed by atoms with Crippen molar-refractivity contribution in [1.29, 1.82) is 0 Å². The predicted octanol–water partition coefficient (Wildman–Crippen LogP) is 3.84. The molecule has 0 aromatic heterocycles. The van der Waals surface area contributed by atoms with Gasteiger partial charge in [0, 0.05) is 16.6 Å². The van der Waals surface area contributed by atoms with Gasteiger partial charge in [-0.15, -0.1) is 0 Å². The van der Waals surface area contributed by atoms with Crippen LogP contribution in [0.2, 0.25) is 0 Å². The summed E-state index contributed by atoms with van der Waals surface area (Å²) in [4.78, 5) is 29.6. The fraction of sp³-hybridized carbons (Fsp3) is 0.333. The molecule has 0 radical (unpaired) electrons. The SMILES string of the molecule is COc1ccc(/C(O)=C2\C(=O)C(=O)N(CCCN(C)C)[C@@H]2c2ccc(Br)cc2)cc1OC. The molecule has 1 heterocycles. The summed E-state index contributed by atoms with van der Waals surface area (Å²) in [6.07, 6.45) is 0.698. The van der Waals surface area contributed by atoms with Gasteiger partial charge in [-0.3, -0.25) is 9.59 Å². The number of hydrogen-bond acceptors (Lipinski definition) is 6. The molecule has 8 heteroatoms. The van der Waals surface area contributed by atoms with Crippen LogP contribution >= 0.6 is 15.9 Å². The maximum Gasteiger partial charge on any atom is 0.295 e. The number of nitrogens with zero attached hydrogens (tertiary/aromatic N) is 2. The Kier molecular flexibility index (Phi) is 7.58. The number of hydrogen-bond donors (Lipinski definition) is 1. The van der Waals surface area contributed by atoms with Gasteiger partial charge in [-0.2, -0.15) is 0 Å². The second-order valence-electron chi connectivity index (χ2n) is 7.77. The molecule has 0 unspecified atom stereocenters. The molecule has 1 fully saturated rings. The molecular formula is C24H27BrN2O5. The van der Waals surface area contributed by atoms with Crippen LogP contribution in [-0.2, 0) is 9.59 Å². The van der Waals surface area contributed by atoms with Crippen LogP contribution in [0.1, 0.15) is 23.6 Å². The predicted molar refractivity (Wildman–Crippen MR) is 126 cm³/mol. The summed E-state index contributed by atoms with van der Waals surface area (Å²) < 4.78 is 11.5. The number of likely N-dealkylation sites (tertiary alicyclic amines) is 1. The Bertz CT molecular complexity index is 1030. The summed E-state index contributed by atoms with van der Waals surface area (Å²) in [5, 5.41) is 11.2. The lowest BCUT2D eigenvalue weighted by Crippen LogP contribution is -2.32. The number of benzene rings is 2. The molecule has 2 aromatic rings. The van der Waals surface area contributed by atoms with Crippen molar-refractivity contribution in [2.45, 2.75) is 12.5 Å². The number of Topliss-reactive ketones (excluding diaryl/α,β-unsaturated/α-hetero) is 1. The number of aliphatic hydroxyl groups is 1. The minimum atomic E-state index is -0.699. The van der Waals surface area contributed by atoms with Gasteiger partial charge < -0.3 is 24.4 Å². The second kappa shape index (κ2) is 10.2. The molecule has 0 spiro atoms. The van der Waals surface area contributed by atoms with E-state index in [1.54, 1.807) is 23.1 Å². The topological polar surface area (TPSA) is 79.3 Å². The smallest absolute Gasteiger partial charge is 0.295 e. The molecule has 1 N–H and O–H groups in total. The lowest BCUT2D eigenvalue weighted by molar-refractivity contribution is -0.139. The van der Waals surface area contributed by atoms with Crippen molar-refractivity contribution in [2.24, 2.45) is 0 Å². The Morgan fingerprint density at radius 3 is 2.31 bits per heavy atom. The maximum atomic E-state index is 13.1. The summed E-state index contributed by atoms with van der Waals surface area (Å²) in [5.41, 5.74) is 1.18. The first-order chi connectivity index (χ1) is 15.3. The minimum absolute atomic E-state index is 0.0643. The summed E-state index contributed by atoms with van der Waals surface area (Å²) >= 11 is 3.42. The molecule has 2 aromatic carbocycles. The van der Waals surface area contributed by atoms with Gasteiger partial charge in [-0.25, -0.2) is 0 Å². The Balaban J connectivity index is 2.11. The van der Waals surface area contributed by atoms with E-state index in [1.165, 1.54) is 14.2 Å². The number of ketones is 1. The average Bonchev–Trinajstić information content (AvgIpc) is 3.03. The Morgan fingerprint density at radius 1 is 1.06 bits per heavy atom. The standard InChI is InChI=1S/C24H27BrN2O5/c1-26(2)12-5-13-27-21(15-6-9-17(25)10-7-15)20(23(29)24(27)30)22(28)16-8-11-18(31-3)19(14-16)32-4/h6-11,14,21,28H,5,12-13H2,1-4H3/b22-20+/t21-/m1/s1. The van der Waals surface area contributed by atoms with Crippen LogP contribution in [0.15, 0.2) is 52.5 Å². The number of rotatable bonds is 8. The zero-order chi connectivity index (χ0) is 23.4. The van der Waals surface area contributed by atoms with Gasteiger partial charge in [0.05, 0.1) is 25.8 Å². The fourth-order valence-electron chi connectivity index (χ4n) is 3.80. The monoisotopic (exact) mass is 502 g/mol. The van der Waals surface area contributed by atoms with E-state index in [-0.39, 0.29) is 11.3 Å². The molecule has 1 atom stereocenters. The molecule has 1 aliphatic rings. The zero-order valence-corrected chi connectivity index (χ0v) is 20.2. The number of carbonyl (C=O) groups excluding carboxylic acids is 2. The molecule has 0 saturated carbocycles. The van der Waals surface area contributed by atoms with Gasteiger partial charge >= 0.3 is 0 Å². The van der Waals surface area contributed by atoms with E-state index in [0.29, 0.717) is 30.0 Å². The van der Waals surface area contributed by atoms with E-state index in [1.807, 2.05) is 43.3 Å². The fourth-order valence-corrected chi connectivity index (χ4v) is 4.06. The number of carbonyl (C=O) groups is 2. The summed E-state index contributed by atoms with van der Waals surface area (Å²) in [7, 11) is 6.92. The van der Waals surface area contributed by atoms with E-state index >= 15 is 0 Å². The summed E-state index contributed by atoms with van der Waals surface area (Å²) in [5.74, 6) is -0.643. The minimum Gasteiger partial charge on any atom is -0.507 e. The highest BCUT2D eigenvalue weighted by Gasteiger charge is 2.45. The molecule has 170 valence electrons. The van der Waals surface area contributed by atoms with Crippen LogP contribution in [0.4, 0.5) is 0 Å². The number of aliphatic hydroxyl groups excluding tert-OH is 1. The normalized spacial score (nSPS) is 17.8. The van der Waals surface area contributed by atoms with Crippen LogP contribution < -0.4 is 9.47 Å². The summed E-state index contributed by atoms with van der Waals surface area (Å²) in [6, 6.07) is 11.6. The van der Waals surface area contributed by atoms with E-state index < -0.39 is 17.7 Å². The van der Waals surface area contributed by atoms with E-state index in [4.69, 9.17) is 9.47 Å². The van der Waals surface area contributed by atoms with Gasteiger partial charge in [0.25, 0.3) is 11.7 Å². The largest absolute Gasteiger partial charge is 0.507 e. The second-order valence-corrected chi connectivity index (χ2v) is 8.69. The first kappa shape index (κ1) is 23.8. The van der Waals surface area contributed by atoms with Crippen molar-refractivity contribution in [3.63, 3.8) is 0 Å². The van der Waals surface area contributed by atoms with Crippen molar-refractivity contribution >= 4 is 33.4 Å². The highest BCUT2D eigenvalue weighted by molar-refractivity contribution is 9.10. The molecule has 7 nitrogen and oxygen atoms in total. The molecule has 1 aliphatic heterocycles. The highest BCUT2D eigenvalue weighted by atomic mass is 79.9. The molecule has 0 aliphatic carbocycles. The van der Waals surface area contributed by atoms with Crippen LogP contribution in [0.5, 0.6) is 11.5 Å². The van der Waals surface area contributed by atoms with Crippen molar-refractivity contribution < 1.29 is 24.2 Å². The average molecular weight is 503 g/mol. The Labute approximate surface area is 196 Å². The third-order valence-corrected chi connectivity index (χ3v) is 5.92. The number of halogens is 1. The Hall–Kier alpha value is -2.84. The molecular weight excluding hydrogens is 476 g/mol. The van der Waals surface area contributed by atoms with E-state index in [2.05, 4.69) is 15.9 Å².